The molecule has 0 bridgehead atoms. The maximum Gasteiger partial charge on any atom is 0.341 e. The van der Waals surface area contributed by atoms with Crippen LogP contribution in [0.25, 0.3) is 0 Å². The van der Waals surface area contributed by atoms with Crippen molar-refractivity contribution in [2.75, 3.05) is 29.9 Å². The lowest BCUT2D eigenvalue weighted by Gasteiger charge is -2.32. The molecule has 2 aliphatic heterocycles. The Bertz CT molecular complexity index is 901. The Hall–Kier alpha value is -2.68. The lowest BCUT2D eigenvalue weighted by Crippen LogP contribution is -2.40. The van der Waals surface area contributed by atoms with Gasteiger partial charge < -0.3 is 19.7 Å². The van der Waals surface area contributed by atoms with Gasteiger partial charge in [0.15, 0.2) is 11.0 Å². The van der Waals surface area contributed by atoms with Crippen LogP contribution in [0.1, 0.15) is 35.1 Å². The van der Waals surface area contributed by atoms with Crippen LogP contribution in [-0.2, 0) is 4.74 Å². The number of aryl methyl sites for hydroxylation is 2. The maximum absolute atomic E-state index is 12.1. The molecule has 2 aromatic heterocycles. The zero-order valence-electron chi connectivity index (χ0n) is 15.9. The first kappa shape index (κ1) is 18.7. The molecule has 0 aromatic carbocycles. The second-order valence-electron chi connectivity index (χ2n) is 6.84. The number of hydrogen-bond donors (Lipinski definition) is 1. The van der Waals surface area contributed by atoms with Crippen molar-refractivity contribution in [3.8, 4) is 6.01 Å². The Labute approximate surface area is 167 Å². The Morgan fingerprint density at radius 3 is 2.79 bits per heavy atom. The summed E-state index contributed by atoms with van der Waals surface area (Å²) in [6, 6.07) is 2.34. The molecular weight excluding hydrogens is 384 g/mol. The molecule has 148 valence electrons. The molecule has 1 fully saturated rings. The third-order valence-electron chi connectivity index (χ3n) is 4.94. The number of carbonyl (C=O) groups is 1. The van der Waals surface area contributed by atoms with Crippen LogP contribution in [0.2, 0.25) is 5.15 Å². The van der Waals surface area contributed by atoms with Gasteiger partial charge in [-0.3, -0.25) is 0 Å². The van der Waals surface area contributed by atoms with E-state index in [1.54, 1.807) is 20.8 Å². The van der Waals surface area contributed by atoms with Crippen molar-refractivity contribution < 1.29 is 14.3 Å². The Balaban J connectivity index is 1.51. The molecule has 10 heteroatoms. The molecule has 0 spiro atoms. The van der Waals surface area contributed by atoms with Gasteiger partial charge in [0.05, 0.1) is 36.3 Å². The number of nitrogens with zero attached hydrogens (tertiary/aromatic N) is 5. The standard InChI is InChI=1S/C18H21ClN6O3/c1-4-27-17(26)15-9(2)21-18(22-10(15)3)28-12-5-11-7-20-16-13(25(11)8-12)6-14(19)23-24-16/h6,11-12H,4-5,7-8H2,1-3H3,(H,20,24). The van der Waals surface area contributed by atoms with Crippen molar-refractivity contribution in [2.45, 2.75) is 39.3 Å². The molecule has 9 nitrogen and oxygen atoms in total. The number of anilines is 2. The number of rotatable bonds is 4. The topological polar surface area (TPSA) is 102 Å². The quantitative estimate of drug-likeness (QED) is 0.767. The summed E-state index contributed by atoms with van der Waals surface area (Å²) in [5.41, 5.74) is 2.41. The minimum Gasteiger partial charge on any atom is -0.462 e. The number of esters is 1. The number of ether oxygens (including phenoxy) is 2. The van der Waals surface area contributed by atoms with E-state index in [2.05, 4.69) is 30.4 Å². The zero-order valence-corrected chi connectivity index (χ0v) is 16.7. The summed E-state index contributed by atoms with van der Waals surface area (Å²) in [5.74, 6) is 0.311. The average Bonchev–Trinajstić information content (AvgIpc) is 3.04. The van der Waals surface area contributed by atoms with Crippen LogP contribution in [-0.4, -0.2) is 58.0 Å². The van der Waals surface area contributed by atoms with Gasteiger partial charge in [-0.25, -0.2) is 4.79 Å². The van der Waals surface area contributed by atoms with Crippen molar-refractivity contribution in [1.82, 2.24) is 20.2 Å². The highest BCUT2D eigenvalue weighted by Gasteiger charge is 2.38. The summed E-state index contributed by atoms with van der Waals surface area (Å²) in [6.07, 6.45) is 0.727. The van der Waals surface area contributed by atoms with Gasteiger partial charge in [-0.15, -0.1) is 10.2 Å². The monoisotopic (exact) mass is 404 g/mol. The molecular formula is C18H21ClN6O3. The van der Waals surface area contributed by atoms with E-state index in [0.717, 1.165) is 24.5 Å². The molecule has 2 unspecified atom stereocenters. The first-order chi connectivity index (χ1) is 13.5. The second kappa shape index (κ2) is 7.38. The van der Waals surface area contributed by atoms with Crippen molar-refractivity contribution >= 4 is 29.1 Å². The van der Waals surface area contributed by atoms with Gasteiger partial charge >= 0.3 is 12.0 Å². The van der Waals surface area contributed by atoms with Gasteiger partial charge in [-0.1, -0.05) is 11.6 Å². The summed E-state index contributed by atoms with van der Waals surface area (Å²) in [7, 11) is 0. The highest BCUT2D eigenvalue weighted by molar-refractivity contribution is 6.29. The number of fused-ring (bicyclic) bond motifs is 3. The molecule has 0 radical (unpaired) electrons. The molecule has 2 aromatic rings. The molecule has 2 aliphatic rings. The van der Waals surface area contributed by atoms with Crippen LogP contribution in [0, 0.1) is 13.8 Å². The molecule has 2 atom stereocenters. The van der Waals surface area contributed by atoms with Gasteiger partial charge in [-0.2, -0.15) is 9.97 Å². The van der Waals surface area contributed by atoms with E-state index in [-0.39, 0.29) is 18.2 Å². The molecule has 1 saturated heterocycles. The first-order valence-corrected chi connectivity index (χ1v) is 9.56. The summed E-state index contributed by atoms with van der Waals surface area (Å²) in [5, 5.41) is 11.6. The number of hydrogen-bond acceptors (Lipinski definition) is 9. The molecule has 4 rings (SSSR count). The number of halogens is 1. The highest BCUT2D eigenvalue weighted by Crippen LogP contribution is 2.36. The van der Waals surface area contributed by atoms with E-state index in [9.17, 15) is 4.79 Å². The summed E-state index contributed by atoms with van der Waals surface area (Å²) >= 11 is 6.01. The van der Waals surface area contributed by atoms with Crippen molar-refractivity contribution in [3.05, 3.63) is 28.2 Å². The van der Waals surface area contributed by atoms with E-state index in [0.29, 0.717) is 35.3 Å². The predicted molar refractivity (Wildman–Crippen MR) is 103 cm³/mol. The van der Waals surface area contributed by atoms with Crippen LogP contribution in [0.15, 0.2) is 6.07 Å². The number of nitrogens with one attached hydrogen (secondary N) is 1. The van der Waals surface area contributed by atoms with Gasteiger partial charge in [0.1, 0.15) is 11.7 Å². The van der Waals surface area contributed by atoms with Gasteiger partial charge in [0.25, 0.3) is 0 Å². The average molecular weight is 405 g/mol. The van der Waals surface area contributed by atoms with E-state index in [4.69, 9.17) is 21.1 Å². The molecule has 1 N–H and O–H groups in total. The third kappa shape index (κ3) is 3.42. The van der Waals surface area contributed by atoms with Crippen LogP contribution < -0.4 is 15.0 Å². The summed E-state index contributed by atoms with van der Waals surface area (Å²) in [4.78, 5) is 23.0. The van der Waals surface area contributed by atoms with Crippen molar-refractivity contribution in [1.29, 1.82) is 0 Å². The zero-order chi connectivity index (χ0) is 19.8. The van der Waals surface area contributed by atoms with Gasteiger partial charge in [-0.05, 0) is 20.8 Å². The lowest BCUT2D eigenvalue weighted by molar-refractivity contribution is 0.0523. The van der Waals surface area contributed by atoms with E-state index >= 15 is 0 Å². The smallest absolute Gasteiger partial charge is 0.341 e. The fourth-order valence-electron chi connectivity index (χ4n) is 3.75. The van der Waals surface area contributed by atoms with Gasteiger partial charge in [0.2, 0.25) is 0 Å². The van der Waals surface area contributed by atoms with E-state index in [1.165, 1.54) is 0 Å². The minimum atomic E-state index is -0.414. The molecule has 0 amide bonds. The largest absolute Gasteiger partial charge is 0.462 e. The molecule has 0 aliphatic carbocycles. The molecule has 4 heterocycles. The van der Waals surface area contributed by atoms with E-state index in [1.807, 2.05) is 6.07 Å². The number of aromatic nitrogens is 4. The fourth-order valence-corrected chi connectivity index (χ4v) is 3.89. The highest BCUT2D eigenvalue weighted by atomic mass is 35.5. The second-order valence-corrected chi connectivity index (χ2v) is 7.22. The normalized spacial score (nSPS) is 20.2. The minimum absolute atomic E-state index is 0.0862. The Morgan fingerprint density at radius 1 is 1.32 bits per heavy atom. The summed E-state index contributed by atoms with van der Waals surface area (Å²) < 4.78 is 11.1. The maximum atomic E-state index is 12.1. The van der Waals surface area contributed by atoms with Crippen LogP contribution in [0.3, 0.4) is 0 Å². The lowest BCUT2D eigenvalue weighted by atomic mass is 10.1. The van der Waals surface area contributed by atoms with Crippen molar-refractivity contribution in [2.24, 2.45) is 0 Å². The number of carbonyl (C=O) groups excluding carboxylic acids is 1. The van der Waals surface area contributed by atoms with Crippen LogP contribution in [0.4, 0.5) is 11.5 Å². The van der Waals surface area contributed by atoms with Gasteiger partial charge in [0, 0.05) is 19.0 Å². The fraction of sp³-hybridized carbons (Fsp3) is 0.500. The SMILES string of the molecule is CCOC(=O)c1c(C)nc(OC2CC3CNc4nnc(Cl)cc4N3C2)nc1C. The Morgan fingerprint density at radius 2 is 2.07 bits per heavy atom. The van der Waals surface area contributed by atoms with E-state index < -0.39 is 5.97 Å². The predicted octanol–water partition coefficient (Wildman–Crippen LogP) is 2.17. The molecule has 0 saturated carbocycles. The Kier molecular flexibility index (Phi) is 4.92. The van der Waals surface area contributed by atoms with Crippen LogP contribution in [0.5, 0.6) is 6.01 Å². The third-order valence-corrected chi connectivity index (χ3v) is 5.12. The van der Waals surface area contributed by atoms with Crippen LogP contribution >= 0.6 is 11.6 Å². The summed E-state index contributed by atoms with van der Waals surface area (Å²) in [6.45, 7) is 7.01. The molecule has 28 heavy (non-hydrogen) atoms. The first-order valence-electron chi connectivity index (χ1n) is 9.19. The van der Waals surface area contributed by atoms with Crippen molar-refractivity contribution in [3.63, 3.8) is 0 Å².